The molecule has 1 aromatic heterocycles. The first kappa shape index (κ1) is 26.1. The highest BCUT2D eigenvalue weighted by molar-refractivity contribution is 7.99. The van der Waals surface area contributed by atoms with E-state index in [0.29, 0.717) is 27.8 Å². The van der Waals surface area contributed by atoms with Gasteiger partial charge in [-0.2, -0.15) is 0 Å². The van der Waals surface area contributed by atoms with Gasteiger partial charge in [0, 0.05) is 42.7 Å². The summed E-state index contributed by atoms with van der Waals surface area (Å²) in [6.45, 7) is 0.213. The maximum Gasteiger partial charge on any atom is 0.253 e. The molecule has 39 heavy (non-hydrogen) atoms. The van der Waals surface area contributed by atoms with Gasteiger partial charge < -0.3 is 24.9 Å². The molecule has 0 atom stereocenters. The fraction of sp³-hybridized carbons (Fsp3) is 0.100. The molecule has 4 N–H and O–H groups in total. The molecular formula is C30H25F2N3O3S. The normalized spacial score (nSPS) is 11.1. The number of hydrogen-bond acceptors (Lipinski definition) is 6. The van der Waals surface area contributed by atoms with Crippen LogP contribution in [0.1, 0.15) is 15.9 Å². The molecule has 0 unspecified atom stereocenters. The van der Waals surface area contributed by atoms with Gasteiger partial charge in [-0.3, -0.25) is 4.79 Å². The van der Waals surface area contributed by atoms with Crippen LogP contribution in [0.4, 0.5) is 20.2 Å². The van der Waals surface area contributed by atoms with Crippen molar-refractivity contribution >= 4 is 40.2 Å². The number of anilines is 2. The summed E-state index contributed by atoms with van der Waals surface area (Å²) in [6.07, 6.45) is 1.93. The minimum Gasteiger partial charge on any atom is -0.504 e. The van der Waals surface area contributed by atoms with Gasteiger partial charge in [-0.05, 0) is 65.7 Å². The van der Waals surface area contributed by atoms with E-state index in [1.807, 2.05) is 29.7 Å². The molecule has 0 saturated carbocycles. The van der Waals surface area contributed by atoms with Crippen molar-refractivity contribution in [3.8, 4) is 28.2 Å². The molecule has 0 saturated heterocycles. The molecule has 0 spiro atoms. The van der Waals surface area contributed by atoms with Crippen molar-refractivity contribution in [1.29, 1.82) is 0 Å². The van der Waals surface area contributed by atoms with Crippen LogP contribution in [-0.4, -0.2) is 24.3 Å². The van der Waals surface area contributed by atoms with E-state index in [-0.39, 0.29) is 41.2 Å². The summed E-state index contributed by atoms with van der Waals surface area (Å²) in [4.78, 5) is 13.1. The van der Waals surface area contributed by atoms with Crippen molar-refractivity contribution in [3.05, 3.63) is 102 Å². The third-order valence-corrected chi connectivity index (χ3v) is 7.22. The van der Waals surface area contributed by atoms with Crippen molar-refractivity contribution in [2.24, 2.45) is 0 Å². The average Bonchev–Trinajstić information content (AvgIpc) is 3.27. The van der Waals surface area contributed by atoms with E-state index in [0.717, 1.165) is 16.8 Å². The SMILES string of the molecule is CSN(C)c1cc2oc(-c3ccc(F)cc3)c(O)c2cc1-c1ccc(N)c(C(=O)NCc2ccc(F)cc2)c1. The van der Waals surface area contributed by atoms with E-state index in [1.54, 1.807) is 42.5 Å². The van der Waals surface area contributed by atoms with Gasteiger partial charge in [0.25, 0.3) is 5.91 Å². The third-order valence-electron chi connectivity index (χ3n) is 6.47. The second-order valence-corrected chi connectivity index (χ2v) is 9.86. The van der Waals surface area contributed by atoms with Crippen molar-refractivity contribution < 1.29 is 23.1 Å². The number of amides is 1. The number of rotatable bonds is 7. The first-order valence-corrected chi connectivity index (χ1v) is 13.2. The molecule has 4 aromatic carbocycles. The lowest BCUT2D eigenvalue weighted by Gasteiger charge is -2.20. The number of nitrogens with one attached hydrogen (secondary N) is 1. The molecule has 198 valence electrons. The van der Waals surface area contributed by atoms with Crippen LogP contribution in [0, 0.1) is 11.6 Å². The third kappa shape index (κ3) is 5.26. The van der Waals surface area contributed by atoms with Crippen LogP contribution in [0.5, 0.6) is 5.75 Å². The quantitative estimate of drug-likeness (QED) is 0.151. The lowest BCUT2D eigenvalue weighted by molar-refractivity contribution is 0.0952. The molecule has 5 aromatic rings. The Morgan fingerprint density at radius 3 is 2.28 bits per heavy atom. The second-order valence-electron chi connectivity index (χ2n) is 8.94. The van der Waals surface area contributed by atoms with Crippen LogP contribution < -0.4 is 15.4 Å². The van der Waals surface area contributed by atoms with Crippen LogP contribution in [0.25, 0.3) is 33.4 Å². The summed E-state index contributed by atoms with van der Waals surface area (Å²) in [7, 11) is 1.90. The molecule has 1 amide bonds. The first-order valence-electron chi connectivity index (χ1n) is 12.0. The minimum absolute atomic E-state index is 0.0658. The van der Waals surface area contributed by atoms with E-state index in [2.05, 4.69) is 5.32 Å². The number of hydrogen-bond donors (Lipinski definition) is 3. The Morgan fingerprint density at radius 1 is 0.974 bits per heavy atom. The summed E-state index contributed by atoms with van der Waals surface area (Å²) in [5.41, 5.74) is 10.8. The Labute approximate surface area is 228 Å². The number of nitrogens with zero attached hydrogens (tertiary/aromatic N) is 1. The van der Waals surface area contributed by atoms with Gasteiger partial charge in [-0.15, -0.1) is 0 Å². The zero-order chi connectivity index (χ0) is 27.7. The molecule has 0 aliphatic rings. The molecule has 0 radical (unpaired) electrons. The van der Waals surface area contributed by atoms with Gasteiger partial charge in [-0.25, -0.2) is 8.78 Å². The average molecular weight is 546 g/mol. The highest BCUT2D eigenvalue weighted by Crippen LogP contribution is 2.45. The highest BCUT2D eigenvalue weighted by atomic mass is 32.2. The van der Waals surface area contributed by atoms with Crippen molar-refractivity contribution in [1.82, 2.24) is 5.32 Å². The Kier molecular flexibility index (Phi) is 7.17. The minimum atomic E-state index is -0.388. The highest BCUT2D eigenvalue weighted by Gasteiger charge is 2.21. The van der Waals surface area contributed by atoms with Crippen molar-refractivity contribution in [2.45, 2.75) is 6.54 Å². The maximum absolute atomic E-state index is 13.4. The molecule has 0 aliphatic carbocycles. The number of nitrogens with two attached hydrogens (primary N) is 1. The molecular weight excluding hydrogens is 520 g/mol. The van der Waals surface area contributed by atoms with Crippen LogP contribution in [0.2, 0.25) is 0 Å². The molecule has 9 heteroatoms. The van der Waals surface area contributed by atoms with Crippen molar-refractivity contribution in [3.63, 3.8) is 0 Å². The van der Waals surface area contributed by atoms with Crippen molar-refractivity contribution in [2.75, 3.05) is 23.3 Å². The van der Waals surface area contributed by atoms with Gasteiger partial charge in [-0.1, -0.05) is 30.1 Å². The number of carbonyl (C=O) groups excluding carboxylic acids is 1. The Balaban J connectivity index is 1.55. The zero-order valence-corrected chi connectivity index (χ0v) is 22.0. The maximum atomic E-state index is 13.4. The number of aromatic hydroxyl groups is 1. The van der Waals surface area contributed by atoms with Gasteiger partial charge in [0.2, 0.25) is 0 Å². The Hall–Kier alpha value is -4.50. The number of halogens is 2. The number of benzene rings is 4. The van der Waals surface area contributed by atoms with Gasteiger partial charge in [0.15, 0.2) is 11.5 Å². The Morgan fingerprint density at radius 2 is 1.62 bits per heavy atom. The lowest BCUT2D eigenvalue weighted by atomic mass is 9.98. The molecule has 0 bridgehead atoms. The number of carbonyl (C=O) groups is 1. The number of fused-ring (bicyclic) bond motifs is 1. The van der Waals surface area contributed by atoms with Crippen LogP contribution in [0.3, 0.4) is 0 Å². The van der Waals surface area contributed by atoms with Gasteiger partial charge >= 0.3 is 0 Å². The largest absolute Gasteiger partial charge is 0.504 e. The first-order chi connectivity index (χ1) is 18.7. The van der Waals surface area contributed by atoms with Gasteiger partial charge in [0.05, 0.1) is 16.6 Å². The molecule has 0 fully saturated rings. The zero-order valence-electron chi connectivity index (χ0n) is 21.2. The monoisotopic (exact) mass is 545 g/mol. The fourth-order valence-corrected chi connectivity index (χ4v) is 4.65. The molecule has 1 heterocycles. The fourth-order valence-electron chi connectivity index (χ4n) is 4.31. The van der Waals surface area contributed by atoms with Gasteiger partial charge in [0.1, 0.15) is 17.2 Å². The number of furan rings is 1. The predicted octanol–water partition coefficient (Wildman–Crippen LogP) is 6.98. The molecule has 6 nitrogen and oxygen atoms in total. The standard InChI is InChI=1S/C30H25F2N3O3S/c1-35(39-2)26-15-27-24(28(36)29(38-27)18-5-10-21(32)11-6-18)14-22(26)19-7-12-25(33)23(13-19)30(37)34-16-17-3-8-20(31)9-4-17/h3-15,36H,16,33H2,1-2H3,(H,34,37). The summed E-state index contributed by atoms with van der Waals surface area (Å²) in [6, 6.07) is 20.4. The van der Waals surface area contributed by atoms with E-state index in [4.69, 9.17) is 10.2 Å². The van der Waals surface area contributed by atoms with Crippen LogP contribution >= 0.6 is 11.9 Å². The molecule has 5 rings (SSSR count). The van der Waals surface area contributed by atoms with Crippen LogP contribution in [-0.2, 0) is 6.54 Å². The smallest absolute Gasteiger partial charge is 0.253 e. The van der Waals surface area contributed by atoms with E-state index >= 15 is 0 Å². The summed E-state index contributed by atoms with van der Waals surface area (Å²) in [5, 5.41) is 14.3. The lowest BCUT2D eigenvalue weighted by Crippen LogP contribution is -2.23. The predicted molar refractivity (Wildman–Crippen MR) is 153 cm³/mol. The summed E-state index contributed by atoms with van der Waals surface area (Å²) in [5.74, 6) is -0.939. The number of nitrogen functional groups attached to an aromatic ring is 1. The van der Waals surface area contributed by atoms with Crippen LogP contribution in [0.15, 0.2) is 83.3 Å². The topological polar surface area (TPSA) is 91.7 Å². The molecule has 0 aliphatic heterocycles. The summed E-state index contributed by atoms with van der Waals surface area (Å²) >= 11 is 1.48. The summed E-state index contributed by atoms with van der Waals surface area (Å²) < 4.78 is 34.6. The van der Waals surface area contributed by atoms with E-state index in [9.17, 15) is 18.7 Å². The van der Waals surface area contributed by atoms with E-state index < -0.39 is 0 Å². The second kappa shape index (κ2) is 10.7. The van der Waals surface area contributed by atoms with E-state index in [1.165, 1.54) is 36.2 Å². The Bertz CT molecular complexity index is 1670.